The number of aromatic hydroxyl groups is 1. The van der Waals surface area contributed by atoms with Crippen molar-refractivity contribution in [2.75, 3.05) is 20.4 Å². The number of hydrogen-bond donors (Lipinski definition) is 2. The standard InChI is InChI=1S/C28H26N2O7/c1-34-14-17-11-23(31)27(33)28(37-17)20(16-6-7-24-25(10-16)36-15-35-24)12-26(32)30-9-8-19-18-4-2-3-5-21(18)29-22(19)13-30/h2-7,10-11,20,29,33H,8-9,12-15H2,1H3/t20-/m1/s1. The maximum atomic E-state index is 13.7. The van der Waals surface area contributed by atoms with E-state index in [9.17, 15) is 14.7 Å². The van der Waals surface area contributed by atoms with Crippen LogP contribution in [0.3, 0.4) is 0 Å². The number of benzene rings is 2. The van der Waals surface area contributed by atoms with Gasteiger partial charge in [-0.2, -0.15) is 0 Å². The minimum absolute atomic E-state index is 0.0118. The highest BCUT2D eigenvalue weighted by Gasteiger charge is 2.31. The second-order valence-electron chi connectivity index (χ2n) is 9.29. The second-order valence-corrected chi connectivity index (χ2v) is 9.29. The molecule has 2 aromatic carbocycles. The molecule has 0 spiro atoms. The normalized spacial score (nSPS) is 15.1. The summed E-state index contributed by atoms with van der Waals surface area (Å²) in [6, 6.07) is 14.6. The highest BCUT2D eigenvalue weighted by atomic mass is 16.7. The van der Waals surface area contributed by atoms with Crippen LogP contribution in [-0.4, -0.2) is 41.3 Å². The van der Waals surface area contributed by atoms with Gasteiger partial charge in [-0.25, -0.2) is 0 Å². The molecule has 0 bridgehead atoms. The van der Waals surface area contributed by atoms with Crippen LogP contribution in [0.2, 0.25) is 0 Å². The Bertz CT molecular complexity index is 1550. The Kier molecular flexibility index (Phi) is 5.84. The van der Waals surface area contributed by atoms with Crippen LogP contribution in [0.25, 0.3) is 10.9 Å². The van der Waals surface area contributed by atoms with Crippen molar-refractivity contribution in [3.05, 3.63) is 87.1 Å². The molecule has 6 rings (SSSR count). The van der Waals surface area contributed by atoms with E-state index in [4.69, 9.17) is 18.6 Å². The third-order valence-electron chi connectivity index (χ3n) is 7.02. The number of aromatic amines is 1. The summed E-state index contributed by atoms with van der Waals surface area (Å²) < 4.78 is 22.0. The SMILES string of the molecule is COCc1cc(=O)c(O)c([C@H](CC(=O)N2CCc3c([nH]c4ccccc34)C2)c2ccc3c(c2)OCO3)o1. The van der Waals surface area contributed by atoms with Gasteiger partial charge >= 0.3 is 0 Å². The van der Waals surface area contributed by atoms with Crippen molar-refractivity contribution in [1.82, 2.24) is 9.88 Å². The van der Waals surface area contributed by atoms with E-state index in [2.05, 4.69) is 11.1 Å². The Balaban J connectivity index is 1.34. The van der Waals surface area contributed by atoms with Crippen molar-refractivity contribution in [3.8, 4) is 17.2 Å². The molecule has 9 nitrogen and oxygen atoms in total. The van der Waals surface area contributed by atoms with E-state index in [0.717, 1.165) is 17.6 Å². The van der Waals surface area contributed by atoms with Gasteiger partial charge in [0.15, 0.2) is 17.3 Å². The van der Waals surface area contributed by atoms with E-state index in [0.29, 0.717) is 30.2 Å². The van der Waals surface area contributed by atoms with Crippen molar-refractivity contribution in [2.24, 2.45) is 0 Å². The van der Waals surface area contributed by atoms with Crippen LogP contribution >= 0.6 is 0 Å². The molecule has 0 unspecified atom stereocenters. The summed E-state index contributed by atoms with van der Waals surface area (Å²) in [5.41, 5.74) is 3.39. The molecular weight excluding hydrogens is 476 g/mol. The van der Waals surface area contributed by atoms with Crippen LogP contribution in [0, 0.1) is 0 Å². The number of nitrogens with zero attached hydrogens (tertiary/aromatic N) is 1. The summed E-state index contributed by atoms with van der Waals surface area (Å²) in [5, 5.41) is 11.9. The number of methoxy groups -OCH3 is 1. The van der Waals surface area contributed by atoms with Crippen molar-refractivity contribution < 1.29 is 28.5 Å². The number of fused-ring (bicyclic) bond motifs is 4. The molecular formula is C28H26N2O7. The predicted octanol–water partition coefficient (Wildman–Crippen LogP) is 3.81. The number of para-hydroxylation sites is 1. The average molecular weight is 503 g/mol. The van der Waals surface area contributed by atoms with Gasteiger partial charge in [-0.3, -0.25) is 9.59 Å². The van der Waals surface area contributed by atoms with E-state index in [-0.39, 0.29) is 37.2 Å². The van der Waals surface area contributed by atoms with Crippen molar-refractivity contribution in [3.63, 3.8) is 0 Å². The lowest BCUT2D eigenvalue weighted by Gasteiger charge is -2.29. The maximum Gasteiger partial charge on any atom is 0.231 e. The number of H-pyrrole nitrogens is 1. The van der Waals surface area contributed by atoms with E-state index in [1.165, 1.54) is 24.1 Å². The molecule has 0 radical (unpaired) electrons. The number of aromatic nitrogens is 1. The summed E-state index contributed by atoms with van der Waals surface area (Å²) >= 11 is 0. The molecule has 1 atom stereocenters. The largest absolute Gasteiger partial charge is 0.502 e. The molecule has 4 aromatic rings. The van der Waals surface area contributed by atoms with Gasteiger partial charge in [0.25, 0.3) is 0 Å². The summed E-state index contributed by atoms with van der Waals surface area (Å²) in [5.74, 6) is 0.0448. The molecule has 1 amide bonds. The van der Waals surface area contributed by atoms with E-state index in [1.54, 1.807) is 23.1 Å². The lowest BCUT2D eigenvalue weighted by molar-refractivity contribution is -0.132. The summed E-state index contributed by atoms with van der Waals surface area (Å²) in [4.78, 5) is 31.5. The second kappa shape index (κ2) is 9.33. The molecule has 0 fully saturated rings. The van der Waals surface area contributed by atoms with Crippen LogP contribution in [-0.2, 0) is 29.1 Å². The first-order valence-corrected chi connectivity index (χ1v) is 12.1. The number of nitrogens with one attached hydrogen (secondary N) is 1. The number of carbonyl (C=O) groups is 1. The molecule has 2 aliphatic heterocycles. The first kappa shape index (κ1) is 23.2. The van der Waals surface area contributed by atoms with Crippen LogP contribution in [0.15, 0.2) is 57.7 Å². The monoisotopic (exact) mass is 502 g/mol. The van der Waals surface area contributed by atoms with Gasteiger partial charge < -0.3 is 33.6 Å². The molecule has 4 heterocycles. The van der Waals surface area contributed by atoms with Gasteiger partial charge in [0.2, 0.25) is 23.9 Å². The van der Waals surface area contributed by atoms with Gasteiger partial charge in [-0.15, -0.1) is 0 Å². The van der Waals surface area contributed by atoms with Crippen molar-refractivity contribution >= 4 is 16.8 Å². The molecule has 9 heteroatoms. The fraction of sp³-hybridized carbons (Fsp3) is 0.286. The molecule has 190 valence electrons. The molecule has 2 aromatic heterocycles. The van der Waals surface area contributed by atoms with Gasteiger partial charge in [0.05, 0.1) is 12.5 Å². The highest BCUT2D eigenvalue weighted by molar-refractivity contribution is 5.86. The third kappa shape index (κ3) is 4.21. The Hall–Kier alpha value is -4.24. The Morgan fingerprint density at radius 2 is 2.00 bits per heavy atom. The smallest absolute Gasteiger partial charge is 0.231 e. The van der Waals surface area contributed by atoms with Gasteiger partial charge in [0.1, 0.15) is 12.4 Å². The zero-order valence-corrected chi connectivity index (χ0v) is 20.3. The summed E-state index contributed by atoms with van der Waals surface area (Å²) in [6.07, 6.45) is 0.728. The van der Waals surface area contributed by atoms with Crippen LogP contribution < -0.4 is 14.9 Å². The zero-order chi connectivity index (χ0) is 25.5. The first-order valence-electron chi connectivity index (χ1n) is 12.1. The number of hydrogen-bond acceptors (Lipinski definition) is 7. The predicted molar refractivity (Wildman–Crippen MR) is 134 cm³/mol. The van der Waals surface area contributed by atoms with Crippen LogP contribution in [0.5, 0.6) is 17.2 Å². The molecule has 0 saturated heterocycles. The number of amides is 1. The van der Waals surface area contributed by atoms with E-state index < -0.39 is 17.1 Å². The number of carbonyl (C=O) groups excluding carboxylic acids is 1. The first-order chi connectivity index (χ1) is 18.0. The minimum atomic E-state index is -0.726. The summed E-state index contributed by atoms with van der Waals surface area (Å²) in [6.45, 7) is 1.18. The lowest BCUT2D eigenvalue weighted by Crippen LogP contribution is -2.36. The highest BCUT2D eigenvalue weighted by Crippen LogP contribution is 2.40. The third-order valence-corrected chi connectivity index (χ3v) is 7.02. The van der Waals surface area contributed by atoms with Gasteiger partial charge in [-0.1, -0.05) is 24.3 Å². The zero-order valence-electron chi connectivity index (χ0n) is 20.3. The molecule has 37 heavy (non-hydrogen) atoms. The van der Waals surface area contributed by atoms with Crippen molar-refractivity contribution in [1.29, 1.82) is 0 Å². The van der Waals surface area contributed by atoms with E-state index >= 15 is 0 Å². The topological polar surface area (TPSA) is 114 Å². The van der Waals surface area contributed by atoms with E-state index in [1.807, 2.05) is 18.2 Å². The Morgan fingerprint density at radius 3 is 2.86 bits per heavy atom. The fourth-order valence-electron chi connectivity index (χ4n) is 5.21. The molecule has 0 aliphatic carbocycles. The quantitative estimate of drug-likeness (QED) is 0.412. The fourth-order valence-corrected chi connectivity index (χ4v) is 5.21. The molecule has 0 saturated carbocycles. The molecule has 2 N–H and O–H groups in total. The number of ether oxygens (including phenoxy) is 3. The minimum Gasteiger partial charge on any atom is -0.502 e. The Labute approximate surface area is 212 Å². The summed E-state index contributed by atoms with van der Waals surface area (Å²) in [7, 11) is 1.49. The van der Waals surface area contributed by atoms with Crippen LogP contribution in [0.4, 0.5) is 0 Å². The lowest BCUT2D eigenvalue weighted by atomic mass is 9.90. The van der Waals surface area contributed by atoms with Crippen LogP contribution in [0.1, 0.15) is 40.7 Å². The van der Waals surface area contributed by atoms with Gasteiger partial charge in [-0.05, 0) is 35.7 Å². The number of rotatable bonds is 6. The van der Waals surface area contributed by atoms with Crippen molar-refractivity contribution in [2.45, 2.75) is 31.9 Å². The molecule has 2 aliphatic rings. The Morgan fingerprint density at radius 1 is 1.16 bits per heavy atom. The maximum absolute atomic E-state index is 13.7. The average Bonchev–Trinajstić information content (AvgIpc) is 3.53. The van der Waals surface area contributed by atoms with Gasteiger partial charge in [0, 0.05) is 42.7 Å².